The van der Waals surface area contributed by atoms with E-state index in [9.17, 15) is 9.59 Å². The molecule has 2 amide bonds. The summed E-state index contributed by atoms with van der Waals surface area (Å²) in [5.41, 5.74) is 1.13. The van der Waals surface area contributed by atoms with Crippen LogP contribution >= 0.6 is 0 Å². The van der Waals surface area contributed by atoms with Crippen LogP contribution in [0, 0.1) is 5.41 Å². The Kier molecular flexibility index (Phi) is 4.63. The zero-order valence-corrected chi connectivity index (χ0v) is 14.9. The number of likely N-dealkylation sites (N-methyl/N-ethyl adjacent to an activating group) is 1. The number of hydrogen-bond acceptors (Lipinski definition) is 3. The van der Waals surface area contributed by atoms with Gasteiger partial charge in [0.05, 0.1) is 0 Å². The van der Waals surface area contributed by atoms with Crippen molar-refractivity contribution in [2.45, 2.75) is 26.7 Å². The highest BCUT2D eigenvalue weighted by Gasteiger charge is 2.43. The minimum absolute atomic E-state index is 0.0522. The highest BCUT2D eigenvalue weighted by molar-refractivity contribution is 6.11. The summed E-state index contributed by atoms with van der Waals surface area (Å²) < 4.78 is 0. The minimum Gasteiger partial charge on any atom is -0.339 e. The van der Waals surface area contributed by atoms with E-state index in [2.05, 4.69) is 18.0 Å². The summed E-state index contributed by atoms with van der Waals surface area (Å²) in [7, 11) is 2.06. The van der Waals surface area contributed by atoms with Gasteiger partial charge < -0.3 is 14.7 Å². The molecule has 0 bridgehead atoms. The van der Waals surface area contributed by atoms with Crippen LogP contribution < -0.4 is 4.90 Å². The van der Waals surface area contributed by atoms with Gasteiger partial charge in [0.15, 0.2) is 0 Å². The standard InChI is InChI=1S/C19H27N3O2/c1-19(2,17(23)21-13-11-20(3)12-14-21)18(24)22-10-6-8-15-7-4-5-9-16(15)22/h4-5,7,9H,6,8,10-14H2,1-3H3. The van der Waals surface area contributed by atoms with E-state index in [0.29, 0.717) is 19.6 Å². The molecule has 24 heavy (non-hydrogen) atoms. The maximum Gasteiger partial charge on any atom is 0.242 e. The number of carbonyl (C=O) groups excluding carboxylic acids is 2. The third-order valence-electron chi connectivity index (χ3n) is 5.22. The molecule has 3 rings (SSSR count). The van der Waals surface area contributed by atoms with Crippen LogP contribution in [-0.2, 0) is 16.0 Å². The first-order valence-electron chi connectivity index (χ1n) is 8.79. The van der Waals surface area contributed by atoms with Crippen LogP contribution in [0.15, 0.2) is 24.3 Å². The van der Waals surface area contributed by atoms with Crippen molar-refractivity contribution in [1.29, 1.82) is 0 Å². The van der Waals surface area contributed by atoms with Gasteiger partial charge >= 0.3 is 0 Å². The highest BCUT2D eigenvalue weighted by atomic mass is 16.2. The Labute approximate surface area is 144 Å². The molecule has 0 aromatic heterocycles. The number of piperazine rings is 1. The van der Waals surface area contributed by atoms with Gasteiger partial charge in [-0.15, -0.1) is 0 Å². The second kappa shape index (κ2) is 6.55. The predicted octanol–water partition coefficient (Wildman–Crippen LogP) is 1.77. The third-order valence-corrected chi connectivity index (χ3v) is 5.22. The molecule has 0 spiro atoms. The van der Waals surface area contributed by atoms with E-state index in [-0.39, 0.29) is 11.8 Å². The average Bonchev–Trinajstić information content (AvgIpc) is 2.60. The van der Waals surface area contributed by atoms with E-state index in [4.69, 9.17) is 0 Å². The number of anilines is 1. The van der Waals surface area contributed by atoms with Crippen LogP contribution in [-0.4, -0.2) is 61.4 Å². The molecule has 0 aliphatic carbocycles. The van der Waals surface area contributed by atoms with Crippen LogP contribution in [0.5, 0.6) is 0 Å². The first-order valence-corrected chi connectivity index (χ1v) is 8.79. The molecule has 0 atom stereocenters. The SMILES string of the molecule is CN1CCN(C(=O)C(C)(C)C(=O)N2CCCc3ccccc32)CC1. The van der Waals surface area contributed by atoms with Gasteiger partial charge in [-0.1, -0.05) is 18.2 Å². The topological polar surface area (TPSA) is 43.9 Å². The number of hydrogen-bond donors (Lipinski definition) is 0. The van der Waals surface area contributed by atoms with E-state index >= 15 is 0 Å². The molecule has 0 N–H and O–H groups in total. The molecule has 1 aromatic carbocycles. The van der Waals surface area contributed by atoms with Gasteiger partial charge in [-0.3, -0.25) is 9.59 Å². The van der Waals surface area contributed by atoms with Crippen LogP contribution in [0.25, 0.3) is 0 Å². The first-order chi connectivity index (χ1) is 11.4. The molecule has 1 saturated heterocycles. The molecule has 1 aromatic rings. The lowest BCUT2D eigenvalue weighted by molar-refractivity contribution is -0.148. The molecular weight excluding hydrogens is 302 g/mol. The molecule has 1 fully saturated rings. The summed E-state index contributed by atoms with van der Waals surface area (Å²) >= 11 is 0. The van der Waals surface area contributed by atoms with Crippen LogP contribution in [0.4, 0.5) is 5.69 Å². The number of benzene rings is 1. The smallest absolute Gasteiger partial charge is 0.242 e. The molecule has 0 unspecified atom stereocenters. The van der Waals surface area contributed by atoms with Gasteiger partial charge in [0.1, 0.15) is 5.41 Å². The van der Waals surface area contributed by atoms with Gasteiger partial charge in [0.25, 0.3) is 0 Å². The number of amides is 2. The second-order valence-electron chi connectivity index (χ2n) is 7.41. The van der Waals surface area contributed by atoms with Crippen LogP contribution in [0.3, 0.4) is 0 Å². The molecule has 5 heteroatoms. The molecule has 2 aliphatic rings. The van der Waals surface area contributed by atoms with E-state index < -0.39 is 5.41 Å². The molecule has 0 saturated carbocycles. The normalized spacial score (nSPS) is 19.1. The molecule has 0 radical (unpaired) electrons. The molecule has 2 aliphatic heterocycles. The lowest BCUT2D eigenvalue weighted by atomic mass is 9.87. The zero-order valence-electron chi connectivity index (χ0n) is 14.9. The summed E-state index contributed by atoms with van der Waals surface area (Å²) in [4.78, 5) is 32.0. The number of para-hydroxylation sites is 1. The molecular formula is C19H27N3O2. The van der Waals surface area contributed by atoms with E-state index in [1.54, 1.807) is 13.8 Å². The number of carbonyl (C=O) groups is 2. The summed E-state index contributed by atoms with van der Waals surface area (Å²) in [5, 5.41) is 0. The zero-order chi connectivity index (χ0) is 17.3. The van der Waals surface area contributed by atoms with Crippen molar-refractivity contribution in [3.8, 4) is 0 Å². The molecule has 130 valence electrons. The molecule has 5 nitrogen and oxygen atoms in total. The monoisotopic (exact) mass is 329 g/mol. The predicted molar refractivity (Wildman–Crippen MR) is 95.0 cm³/mol. The van der Waals surface area contributed by atoms with Crippen molar-refractivity contribution >= 4 is 17.5 Å². The van der Waals surface area contributed by atoms with Crippen molar-refractivity contribution in [2.75, 3.05) is 44.7 Å². The minimum atomic E-state index is -1.03. The molecule has 2 heterocycles. The van der Waals surface area contributed by atoms with E-state index in [1.165, 1.54) is 5.56 Å². The fourth-order valence-electron chi connectivity index (χ4n) is 3.58. The quantitative estimate of drug-likeness (QED) is 0.777. The van der Waals surface area contributed by atoms with E-state index in [1.807, 2.05) is 28.0 Å². The largest absolute Gasteiger partial charge is 0.339 e. The Morgan fingerprint density at radius 1 is 0.958 bits per heavy atom. The van der Waals surface area contributed by atoms with Crippen molar-refractivity contribution in [3.05, 3.63) is 29.8 Å². The summed E-state index contributed by atoms with van der Waals surface area (Å²) in [5.74, 6) is -0.137. The second-order valence-corrected chi connectivity index (χ2v) is 7.41. The van der Waals surface area contributed by atoms with Crippen LogP contribution in [0.2, 0.25) is 0 Å². The fourth-order valence-corrected chi connectivity index (χ4v) is 3.58. The van der Waals surface area contributed by atoms with Gasteiger partial charge in [0.2, 0.25) is 11.8 Å². The Bertz CT molecular complexity index is 633. The number of rotatable bonds is 2. The van der Waals surface area contributed by atoms with Gasteiger partial charge in [-0.05, 0) is 45.4 Å². The fraction of sp³-hybridized carbons (Fsp3) is 0.579. The number of aryl methyl sites for hydroxylation is 1. The Morgan fingerprint density at radius 3 is 2.33 bits per heavy atom. The Balaban J connectivity index is 1.80. The van der Waals surface area contributed by atoms with Gasteiger partial charge in [0, 0.05) is 38.4 Å². The van der Waals surface area contributed by atoms with Crippen molar-refractivity contribution < 1.29 is 9.59 Å². The average molecular weight is 329 g/mol. The van der Waals surface area contributed by atoms with Gasteiger partial charge in [-0.25, -0.2) is 0 Å². The highest BCUT2D eigenvalue weighted by Crippen LogP contribution is 2.32. The first kappa shape index (κ1) is 17.0. The maximum atomic E-state index is 13.2. The van der Waals surface area contributed by atoms with Crippen LogP contribution in [0.1, 0.15) is 25.8 Å². The van der Waals surface area contributed by atoms with E-state index in [0.717, 1.165) is 31.6 Å². The Hall–Kier alpha value is -1.88. The van der Waals surface area contributed by atoms with Crippen molar-refractivity contribution in [2.24, 2.45) is 5.41 Å². The lowest BCUT2D eigenvalue weighted by Crippen LogP contribution is -2.56. The summed E-state index contributed by atoms with van der Waals surface area (Å²) in [6.45, 7) is 7.35. The summed E-state index contributed by atoms with van der Waals surface area (Å²) in [6, 6.07) is 8.03. The van der Waals surface area contributed by atoms with Gasteiger partial charge in [-0.2, -0.15) is 0 Å². The number of fused-ring (bicyclic) bond motifs is 1. The maximum absolute atomic E-state index is 13.2. The summed E-state index contributed by atoms with van der Waals surface area (Å²) in [6.07, 6.45) is 1.94. The van der Waals surface area contributed by atoms with Crippen molar-refractivity contribution in [3.63, 3.8) is 0 Å². The lowest BCUT2D eigenvalue weighted by Gasteiger charge is -2.39. The number of nitrogens with zero attached hydrogens (tertiary/aromatic N) is 3. The Morgan fingerprint density at radius 2 is 1.62 bits per heavy atom. The third kappa shape index (κ3) is 3.05. The van der Waals surface area contributed by atoms with Crippen molar-refractivity contribution in [1.82, 2.24) is 9.80 Å².